The van der Waals surface area contributed by atoms with E-state index in [9.17, 15) is 0 Å². The van der Waals surface area contributed by atoms with Gasteiger partial charge in [0.25, 0.3) is 0 Å². The van der Waals surface area contributed by atoms with Gasteiger partial charge in [0, 0.05) is 13.2 Å². The zero-order valence-corrected chi connectivity index (χ0v) is 8.52. The Morgan fingerprint density at radius 3 is 2.86 bits per heavy atom. The molecule has 1 unspecified atom stereocenters. The fourth-order valence-corrected chi connectivity index (χ4v) is 1.14. The zero-order valence-electron chi connectivity index (χ0n) is 8.52. The number of aryl methyl sites for hydroxylation is 2. The van der Waals surface area contributed by atoms with Crippen LogP contribution in [0.4, 0.5) is 5.69 Å². The summed E-state index contributed by atoms with van der Waals surface area (Å²) in [6.07, 6.45) is 1.84. The molecule has 0 saturated heterocycles. The first-order valence-corrected chi connectivity index (χ1v) is 4.28. The van der Waals surface area contributed by atoms with Crippen molar-refractivity contribution in [3.8, 4) is 0 Å². The molecule has 0 amide bonds. The first kappa shape index (κ1) is 10.4. The van der Waals surface area contributed by atoms with Gasteiger partial charge < -0.3 is 16.3 Å². The van der Waals surface area contributed by atoms with Gasteiger partial charge in [-0.15, -0.1) is 0 Å². The fraction of sp³-hybridized carbons (Fsp3) is 0.500. The lowest BCUT2D eigenvalue weighted by molar-refractivity contribution is 0.316. The lowest BCUT2D eigenvalue weighted by atomic mass is 10.3. The van der Waals surface area contributed by atoms with Crippen LogP contribution >= 0.6 is 0 Å². The Labute approximate surface area is 82.4 Å². The van der Waals surface area contributed by atoms with E-state index in [1.165, 1.54) is 0 Å². The summed E-state index contributed by atoms with van der Waals surface area (Å²) in [7, 11) is 1.84. The van der Waals surface area contributed by atoms with Crippen molar-refractivity contribution in [3.05, 3.63) is 11.9 Å². The van der Waals surface area contributed by atoms with Gasteiger partial charge in [0.2, 0.25) is 0 Å². The molecule has 0 bridgehead atoms. The molecule has 1 rings (SSSR count). The van der Waals surface area contributed by atoms with Gasteiger partial charge in [0.15, 0.2) is 5.84 Å². The maximum atomic E-state index is 8.46. The van der Waals surface area contributed by atoms with Crippen molar-refractivity contribution >= 4 is 11.5 Å². The Morgan fingerprint density at radius 2 is 2.43 bits per heavy atom. The minimum atomic E-state index is -0.220. The number of rotatable bonds is 3. The van der Waals surface area contributed by atoms with Gasteiger partial charge in [0.05, 0.1) is 17.4 Å². The molecule has 1 aromatic rings. The first-order valence-electron chi connectivity index (χ1n) is 4.28. The molecule has 4 N–H and O–H groups in total. The smallest absolute Gasteiger partial charge is 0.161 e. The van der Waals surface area contributed by atoms with E-state index in [1.54, 1.807) is 4.68 Å². The molecule has 0 aliphatic heterocycles. The van der Waals surface area contributed by atoms with Gasteiger partial charge in [0.1, 0.15) is 0 Å². The van der Waals surface area contributed by atoms with Crippen LogP contribution in [0, 0.1) is 6.92 Å². The fourth-order valence-electron chi connectivity index (χ4n) is 1.14. The summed E-state index contributed by atoms with van der Waals surface area (Å²) in [5.41, 5.74) is 7.19. The lowest BCUT2D eigenvalue weighted by Crippen LogP contribution is -2.32. The third-order valence-corrected chi connectivity index (χ3v) is 1.94. The molecular formula is C8H15N5O. The molecule has 0 aromatic carbocycles. The van der Waals surface area contributed by atoms with Crippen LogP contribution in [0.25, 0.3) is 0 Å². The third-order valence-electron chi connectivity index (χ3n) is 1.94. The molecule has 14 heavy (non-hydrogen) atoms. The first-order chi connectivity index (χ1) is 6.54. The lowest BCUT2D eigenvalue weighted by Gasteiger charge is -2.11. The summed E-state index contributed by atoms with van der Waals surface area (Å²) in [5.74, 6) is 0.147. The predicted octanol–water partition coefficient (Wildman–Crippen LogP) is 0.275. The maximum absolute atomic E-state index is 8.46. The summed E-state index contributed by atoms with van der Waals surface area (Å²) < 4.78 is 1.71. The van der Waals surface area contributed by atoms with Crippen molar-refractivity contribution in [2.75, 3.05) is 5.32 Å². The molecule has 0 aliphatic carbocycles. The molecule has 1 heterocycles. The Hall–Kier alpha value is -1.72. The topological polar surface area (TPSA) is 88.5 Å². The quantitative estimate of drug-likeness (QED) is 0.281. The highest BCUT2D eigenvalue weighted by molar-refractivity contribution is 5.87. The minimum Gasteiger partial charge on any atom is -0.409 e. The van der Waals surface area contributed by atoms with Crippen LogP contribution in [0.1, 0.15) is 12.6 Å². The Morgan fingerprint density at radius 1 is 1.79 bits per heavy atom. The van der Waals surface area contributed by atoms with Crippen molar-refractivity contribution in [2.24, 2.45) is 17.9 Å². The molecule has 6 heteroatoms. The number of nitrogens with one attached hydrogen (secondary N) is 1. The standard InChI is InChI=1S/C8H15N5O/c1-5-7(4-13(3)11-5)10-6(2)8(9)12-14/h4,6,10,14H,1-3H3,(H2,9,12). The van der Waals surface area contributed by atoms with E-state index in [-0.39, 0.29) is 11.9 Å². The number of anilines is 1. The maximum Gasteiger partial charge on any atom is 0.161 e. The number of nitrogens with zero attached hydrogens (tertiary/aromatic N) is 3. The van der Waals surface area contributed by atoms with Gasteiger partial charge in [-0.1, -0.05) is 5.16 Å². The van der Waals surface area contributed by atoms with E-state index in [1.807, 2.05) is 27.1 Å². The SMILES string of the molecule is Cc1nn(C)cc1NC(C)C(N)=NO. The number of aromatic nitrogens is 2. The van der Waals surface area contributed by atoms with Crippen molar-refractivity contribution < 1.29 is 5.21 Å². The van der Waals surface area contributed by atoms with Crippen molar-refractivity contribution in [3.63, 3.8) is 0 Å². The normalized spacial score (nSPS) is 14.1. The van der Waals surface area contributed by atoms with Crippen LogP contribution in [-0.2, 0) is 7.05 Å². The molecule has 0 saturated carbocycles. The van der Waals surface area contributed by atoms with Gasteiger partial charge >= 0.3 is 0 Å². The average Bonchev–Trinajstić information content (AvgIpc) is 2.44. The predicted molar refractivity (Wildman–Crippen MR) is 54.4 cm³/mol. The highest BCUT2D eigenvalue weighted by Crippen LogP contribution is 2.12. The van der Waals surface area contributed by atoms with Crippen molar-refractivity contribution in [1.29, 1.82) is 0 Å². The van der Waals surface area contributed by atoms with Crippen molar-refractivity contribution in [1.82, 2.24) is 9.78 Å². The second kappa shape index (κ2) is 3.99. The van der Waals surface area contributed by atoms with E-state index in [4.69, 9.17) is 10.9 Å². The summed E-state index contributed by atoms with van der Waals surface area (Å²) >= 11 is 0. The van der Waals surface area contributed by atoms with Crippen LogP contribution in [0.2, 0.25) is 0 Å². The minimum absolute atomic E-state index is 0.147. The second-order valence-corrected chi connectivity index (χ2v) is 3.19. The number of nitrogens with two attached hydrogens (primary N) is 1. The number of hydrogen-bond acceptors (Lipinski definition) is 4. The van der Waals surface area contributed by atoms with E-state index >= 15 is 0 Å². The molecule has 0 aliphatic rings. The average molecular weight is 197 g/mol. The Bertz CT molecular complexity index is 344. The molecule has 0 spiro atoms. The van der Waals surface area contributed by atoms with Crippen LogP contribution in [0.3, 0.4) is 0 Å². The van der Waals surface area contributed by atoms with Crippen LogP contribution in [0.5, 0.6) is 0 Å². The molecule has 1 aromatic heterocycles. The second-order valence-electron chi connectivity index (χ2n) is 3.19. The zero-order chi connectivity index (χ0) is 10.7. The summed E-state index contributed by atoms with van der Waals surface area (Å²) in [6.45, 7) is 3.70. The number of oxime groups is 1. The third kappa shape index (κ3) is 2.15. The summed E-state index contributed by atoms with van der Waals surface area (Å²) in [6, 6.07) is -0.220. The van der Waals surface area contributed by atoms with Gasteiger partial charge in [-0.3, -0.25) is 4.68 Å². The van der Waals surface area contributed by atoms with E-state index in [0.29, 0.717) is 0 Å². The molecule has 0 radical (unpaired) electrons. The monoisotopic (exact) mass is 197 g/mol. The van der Waals surface area contributed by atoms with E-state index < -0.39 is 0 Å². The molecule has 0 fully saturated rings. The number of amidine groups is 1. The summed E-state index contributed by atoms with van der Waals surface area (Å²) in [5, 5.41) is 18.6. The number of hydrogen-bond donors (Lipinski definition) is 3. The Kier molecular flexibility index (Phi) is 2.95. The largest absolute Gasteiger partial charge is 0.409 e. The molecule has 1 atom stereocenters. The summed E-state index contributed by atoms with van der Waals surface area (Å²) in [4.78, 5) is 0. The highest BCUT2D eigenvalue weighted by Gasteiger charge is 2.10. The van der Waals surface area contributed by atoms with E-state index in [0.717, 1.165) is 11.4 Å². The molecule has 6 nitrogen and oxygen atoms in total. The molecule has 78 valence electrons. The van der Waals surface area contributed by atoms with Gasteiger partial charge in [-0.25, -0.2) is 0 Å². The van der Waals surface area contributed by atoms with Crippen LogP contribution in [-0.4, -0.2) is 26.9 Å². The van der Waals surface area contributed by atoms with Gasteiger partial charge in [-0.2, -0.15) is 5.10 Å². The van der Waals surface area contributed by atoms with E-state index in [2.05, 4.69) is 15.6 Å². The highest BCUT2D eigenvalue weighted by atomic mass is 16.4. The Balaban J connectivity index is 2.74. The van der Waals surface area contributed by atoms with Crippen LogP contribution in [0.15, 0.2) is 11.4 Å². The van der Waals surface area contributed by atoms with Crippen molar-refractivity contribution in [2.45, 2.75) is 19.9 Å². The van der Waals surface area contributed by atoms with Crippen LogP contribution < -0.4 is 11.1 Å². The molecular weight excluding hydrogens is 182 g/mol. The van der Waals surface area contributed by atoms with Gasteiger partial charge in [-0.05, 0) is 13.8 Å².